The first-order chi connectivity index (χ1) is 16.6. The largest absolute Gasteiger partial charge is 0.355 e. The van der Waals surface area contributed by atoms with Crippen LogP contribution in [0.1, 0.15) is 22.8 Å². The lowest BCUT2D eigenvalue weighted by Gasteiger charge is -2.34. The quantitative estimate of drug-likeness (QED) is 0.454. The normalized spacial score (nSPS) is 15.0. The predicted molar refractivity (Wildman–Crippen MR) is 138 cm³/mol. The summed E-state index contributed by atoms with van der Waals surface area (Å²) in [6, 6.07) is 18.7. The summed E-state index contributed by atoms with van der Waals surface area (Å²) in [6.45, 7) is 8.98. The minimum Gasteiger partial charge on any atom is -0.355 e. The highest BCUT2D eigenvalue weighted by Gasteiger charge is 2.15. The third-order valence-corrected chi connectivity index (χ3v) is 6.82. The number of H-pyrrole nitrogens is 1. The minimum absolute atomic E-state index is 0.0823. The standard InChI is InChI=1S/C28H31N5O/c1-3-32-12-14-33(15-13-32)19-20-4-6-21(7-5-20)24-16-25-26(18-31-27(25)30-17-24)22-8-10-23(11-9-22)28(34)29-2/h4-11,16-18H,3,12-15,19H2,1-2H3,(H,29,34)(H,30,31). The Kier molecular flexibility index (Phi) is 6.43. The van der Waals surface area contributed by atoms with E-state index in [9.17, 15) is 4.79 Å². The Morgan fingerprint density at radius 2 is 1.62 bits per heavy atom. The van der Waals surface area contributed by atoms with Crippen LogP contribution in [-0.4, -0.2) is 65.4 Å². The second-order valence-electron chi connectivity index (χ2n) is 8.89. The molecule has 2 N–H and O–H groups in total. The molecule has 0 saturated carbocycles. The van der Waals surface area contributed by atoms with Crippen molar-refractivity contribution in [3.8, 4) is 22.3 Å². The van der Waals surface area contributed by atoms with Crippen LogP contribution < -0.4 is 5.32 Å². The Hall–Kier alpha value is -3.48. The van der Waals surface area contributed by atoms with Crippen LogP contribution in [0.4, 0.5) is 0 Å². The number of nitrogens with one attached hydrogen (secondary N) is 2. The average Bonchev–Trinajstić information content (AvgIpc) is 3.32. The Bertz CT molecular complexity index is 1270. The SMILES string of the molecule is CCN1CCN(Cc2ccc(-c3cnc4[nH]cc(-c5ccc(C(=O)NC)cc5)c4c3)cc2)CC1. The van der Waals surface area contributed by atoms with Crippen LogP contribution >= 0.6 is 0 Å². The molecule has 0 bridgehead atoms. The van der Waals surface area contributed by atoms with E-state index >= 15 is 0 Å². The Morgan fingerprint density at radius 1 is 0.941 bits per heavy atom. The van der Waals surface area contributed by atoms with Crippen LogP contribution in [0.15, 0.2) is 67.0 Å². The maximum absolute atomic E-state index is 11.9. The molecule has 174 valence electrons. The van der Waals surface area contributed by atoms with E-state index in [1.807, 2.05) is 36.7 Å². The van der Waals surface area contributed by atoms with Gasteiger partial charge in [0.25, 0.3) is 5.91 Å². The molecule has 1 saturated heterocycles. The number of fused-ring (bicyclic) bond motifs is 1. The van der Waals surface area contributed by atoms with Crippen LogP contribution in [-0.2, 0) is 6.54 Å². The smallest absolute Gasteiger partial charge is 0.251 e. The number of benzene rings is 2. The summed E-state index contributed by atoms with van der Waals surface area (Å²) in [5.74, 6) is -0.0823. The topological polar surface area (TPSA) is 64.3 Å². The van der Waals surface area contributed by atoms with Crippen molar-refractivity contribution in [2.24, 2.45) is 0 Å². The fourth-order valence-electron chi connectivity index (χ4n) is 4.67. The van der Waals surface area contributed by atoms with Gasteiger partial charge in [-0.3, -0.25) is 9.69 Å². The van der Waals surface area contributed by atoms with Gasteiger partial charge in [-0.05, 0) is 41.4 Å². The predicted octanol–water partition coefficient (Wildman–Crippen LogP) is 4.39. The Labute approximate surface area is 200 Å². The summed E-state index contributed by atoms with van der Waals surface area (Å²) in [5.41, 5.74) is 7.25. The Balaban J connectivity index is 1.35. The number of carbonyl (C=O) groups is 1. The summed E-state index contributed by atoms with van der Waals surface area (Å²) in [5, 5.41) is 3.73. The summed E-state index contributed by atoms with van der Waals surface area (Å²) >= 11 is 0. The number of rotatable bonds is 6. The van der Waals surface area contributed by atoms with Crippen molar-refractivity contribution in [1.82, 2.24) is 25.1 Å². The lowest BCUT2D eigenvalue weighted by molar-refractivity contribution is 0.0963. The number of amides is 1. The average molecular weight is 454 g/mol. The van der Waals surface area contributed by atoms with Crippen LogP contribution in [0.3, 0.4) is 0 Å². The van der Waals surface area contributed by atoms with E-state index in [-0.39, 0.29) is 5.91 Å². The third-order valence-electron chi connectivity index (χ3n) is 6.82. The van der Waals surface area contributed by atoms with E-state index in [1.165, 1.54) is 5.56 Å². The van der Waals surface area contributed by atoms with Gasteiger partial charge in [-0.2, -0.15) is 0 Å². The van der Waals surface area contributed by atoms with Crippen molar-refractivity contribution in [3.63, 3.8) is 0 Å². The van der Waals surface area contributed by atoms with E-state index in [0.717, 1.165) is 72.6 Å². The van der Waals surface area contributed by atoms with Crippen LogP contribution in [0, 0.1) is 0 Å². The van der Waals surface area contributed by atoms with Crippen molar-refractivity contribution < 1.29 is 4.79 Å². The first kappa shape index (κ1) is 22.3. The van der Waals surface area contributed by atoms with Crippen molar-refractivity contribution >= 4 is 16.9 Å². The molecule has 0 radical (unpaired) electrons. The molecule has 4 aromatic rings. The highest BCUT2D eigenvalue weighted by molar-refractivity contribution is 5.97. The molecule has 6 nitrogen and oxygen atoms in total. The van der Waals surface area contributed by atoms with E-state index in [0.29, 0.717) is 5.56 Å². The fourth-order valence-corrected chi connectivity index (χ4v) is 4.67. The fraction of sp³-hybridized carbons (Fsp3) is 0.286. The van der Waals surface area contributed by atoms with Gasteiger partial charge in [-0.15, -0.1) is 0 Å². The first-order valence-corrected chi connectivity index (χ1v) is 12.0. The number of aromatic nitrogens is 2. The van der Waals surface area contributed by atoms with E-state index < -0.39 is 0 Å². The highest BCUT2D eigenvalue weighted by atomic mass is 16.1. The van der Waals surface area contributed by atoms with Gasteiger partial charge in [0.05, 0.1) is 0 Å². The van der Waals surface area contributed by atoms with Crippen molar-refractivity contribution in [2.75, 3.05) is 39.8 Å². The molecule has 0 aliphatic carbocycles. The maximum Gasteiger partial charge on any atom is 0.251 e. The zero-order valence-corrected chi connectivity index (χ0v) is 19.8. The van der Waals surface area contributed by atoms with Gasteiger partial charge in [0.2, 0.25) is 0 Å². The molecule has 2 aromatic carbocycles. The molecule has 0 atom stereocenters. The molecule has 6 heteroatoms. The summed E-state index contributed by atoms with van der Waals surface area (Å²) in [7, 11) is 1.64. The van der Waals surface area contributed by atoms with E-state index in [2.05, 4.69) is 62.3 Å². The zero-order valence-electron chi connectivity index (χ0n) is 19.8. The number of nitrogens with zero attached hydrogens (tertiary/aromatic N) is 3. The molecule has 0 spiro atoms. The summed E-state index contributed by atoms with van der Waals surface area (Å²) in [4.78, 5) is 24.8. The van der Waals surface area contributed by atoms with Gasteiger partial charge in [0, 0.05) is 74.2 Å². The second-order valence-corrected chi connectivity index (χ2v) is 8.89. The molecule has 0 unspecified atom stereocenters. The molecule has 34 heavy (non-hydrogen) atoms. The lowest BCUT2D eigenvalue weighted by Crippen LogP contribution is -2.45. The molecule has 5 rings (SSSR count). The summed E-state index contributed by atoms with van der Waals surface area (Å²) < 4.78 is 0. The van der Waals surface area contributed by atoms with Crippen LogP contribution in [0.5, 0.6) is 0 Å². The molecule has 3 heterocycles. The van der Waals surface area contributed by atoms with E-state index in [4.69, 9.17) is 0 Å². The number of hydrogen-bond donors (Lipinski definition) is 2. The van der Waals surface area contributed by atoms with Gasteiger partial charge in [-0.1, -0.05) is 43.3 Å². The first-order valence-electron chi connectivity index (χ1n) is 12.0. The monoisotopic (exact) mass is 453 g/mol. The van der Waals surface area contributed by atoms with Crippen molar-refractivity contribution in [2.45, 2.75) is 13.5 Å². The number of aromatic amines is 1. The molecular weight excluding hydrogens is 422 g/mol. The third kappa shape index (κ3) is 4.60. The van der Waals surface area contributed by atoms with Crippen LogP contribution in [0.2, 0.25) is 0 Å². The second kappa shape index (κ2) is 9.79. The van der Waals surface area contributed by atoms with Gasteiger partial charge in [-0.25, -0.2) is 4.98 Å². The molecular formula is C28H31N5O. The Morgan fingerprint density at radius 3 is 2.29 bits per heavy atom. The maximum atomic E-state index is 11.9. The van der Waals surface area contributed by atoms with Gasteiger partial charge < -0.3 is 15.2 Å². The number of likely N-dealkylation sites (N-methyl/N-ethyl adjacent to an activating group) is 1. The van der Waals surface area contributed by atoms with Crippen LogP contribution in [0.25, 0.3) is 33.3 Å². The molecule has 1 amide bonds. The highest BCUT2D eigenvalue weighted by Crippen LogP contribution is 2.31. The van der Waals surface area contributed by atoms with Crippen molar-refractivity contribution in [1.29, 1.82) is 0 Å². The lowest BCUT2D eigenvalue weighted by atomic mass is 10.0. The van der Waals surface area contributed by atoms with Gasteiger partial charge in [0.15, 0.2) is 0 Å². The molecule has 1 aliphatic rings. The number of piperazine rings is 1. The number of carbonyl (C=O) groups excluding carboxylic acids is 1. The van der Waals surface area contributed by atoms with Crippen molar-refractivity contribution in [3.05, 3.63) is 78.1 Å². The van der Waals surface area contributed by atoms with Gasteiger partial charge in [0.1, 0.15) is 5.65 Å². The molecule has 1 fully saturated rings. The molecule has 1 aliphatic heterocycles. The van der Waals surface area contributed by atoms with Gasteiger partial charge >= 0.3 is 0 Å². The molecule has 2 aromatic heterocycles. The number of hydrogen-bond acceptors (Lipinski definition) is 4. The minimum atomic E-state index is -0.0823. The zero-order chi connectivity index (χ0) is 23.5. The van der Waals surface area contributed by atoms with E-state index in [1.54, 1.807) is 7.05 Å². The summed E-state index contributed by atoms with van der Waals surface area (Å²) in [6.07, 6.45) is 3.91. The number of pyridine rings is 1.